The minimum absolute atomic E-state index is 0.0834. The average molecular weight is 277 g/mol. The number of fused-ring (bicyclic) bond motifs is 1. The van der Waals surface area contributed by atoms with Crippen molar-refractivity contribution in [2.75, 3.05) is 0 Å². The number of rotatable bonds is 3. The zero-order valence-corrected chi connectivity index (χ0v) is 12.9. The molecule has 0 saturated carbocycles. The molecular weight excluding hydrogens is 254 g/mol. The molecule has 0 spiro atoms. The van der Waals surface area contributed by atoms with E-state index >= 15 is 0 Å². The van der Waals surface area contributed by atoms with Gasteiger partial charge in [-0.15, -0.1) is 0 Å². The highest BCUT2D eigenvalue weighted by Gasteiger charge is 2.37. The second kappa shape index (κ2) is 5.08. The number of amides is 1. The summed E-state index contributed by atoms with van der Waals surface area (Å²) < 4.78 is 5.72. The quantitative estimate of drug-likeness (QED) is 0.922. The van der Waals surface area contributed by atoms with E-state index in [0.29, 0.717) is 35.5 Å². The molecule has 0 saturated heterocycles. The van der Waals surface area contributed by atoms with E-state index in [9.17, 15) is 9.59 Å². The molecule has 0 aliphatic heterocycles. The summed E-state index contributed by atoms with van der Waals surface area (Å²) in [5.41, 5.74) is 1.21. The third-order valence-electron chi connectivity index (χ3n) is 3.97. The molecule has 1 aromatic rings. The van der Waals surface area contributed by atoms with Crippen LogP contribution in [0.1, 0.15) is 72.8 Å². The number of hydrogen-bond donors (Lipinski definition) is 1. The van der Waals surface area contributed by atoms with Crippen LogP contribution < -0.4 is 5.32 Å². The van der Waals surface area contributed by atoms with Gasteiger partial charge in [-0.05, 0) is 25.7 Å². The van der Waals surface area contributed by atoms with Crippen LogP contribution in [0.3, 0.4) is 0 Å². The molecule has 0 bridgehead atoms. The standard InChI is InChI=1S/C16H23NO3/c1-6-9(2)17-15(19)14-10(3)13-11(18)7-16(4,5)8-12(13)20-14/h9H,6-8H2,1-5H3,(H,17,19). The molecule has 1 heterocycles. The zero-order chi connectivity index (χ0) is 15.1. The second-order valence-corrected chi connectivity index (χ2v) is 6.58. The first-order chi connectivity index (χ1) is 9.25. The first kappa shape index (κ1) is 14.8. The summed E-state index contributed by atoms with van der Waals surface area (Å²) in [5.74, 6) is 0.816. The third kappa shape index (κ3) is 2.65. The number of Topliss-reactive ketones (excluding diaryl/α,β-unsaturated/α-hetero) is 1. The van der Waals surface area contributed by atoms with Gasteiger partial charge in [0.15, 0.2) is 11.5 Å². The highest BCUT2D eigenvalue weighted by Crippen LogP contribution is 2.38. The maximum absolute atomic E-state index is 12.2. The van der Waals surface area contributed by atoms with Crippen molar-refractivity contribution in [3.63, 3.8) is 0 Å². The SMILES string of the molecule is CCC(C)NC(=O)c1oc2c(c1C)C(=O)CC(C)(C)C2. The molecule has 1 unspecified atom stereocenters. The van der Waals surface area contributed by atoms with Crippen molar-refractivity contribution in [2.45, 2.75) is 59.9 Å². The van der Waals surface area contributed by atoms with Gasteiger partial charge in [0.2, 0.25) is 0 Å². The summed E-state index contributed by atoms with van der Waals surface area (Å²) >= 11 is 0. The molecule has 2 rings (SSSR count). The molecule has 1 amide bonds. The van der Waals surface area contributed by atoms with E-state index < -0.39 is 0 Å². The fourth-order valence-corrected chi connectivity index (χ4v) is 2.69. The molecule has 0 radical (unpaired) electrons. The molecule has 1 aromatic heterocycles. The fourth-order valence-electron chi connectivity index (χ4n) is 2.69. The van der Waals surface area contributed by atoms with E-state index in [-0.39, 0.29) is 23.1 Å². The summed E-state index contributed by atoms with van der Waals surface area (Å²) in [5, 5.41) is 2.89. The first-order valence-electron chi connectivity index (χ1n) is 7.21. The van der Waals surface area contributed by atoms with Gasteiger partial charge in [0, 0.05) is 24.4 Å². The van der Waals surface area contributed by atoms with Gasteiger partial charge in [0.25, 0.3) is 5.91 Å². The van der Waals surface area contributed by atoms with Gasteiger partial charge in [-0.3, -0.25) is 9.59 Å². The Kier molecular flexibility index (Phi) is 3.76. The highest BCUT2D eigenvalue weighted by molar-refractivity contribution is 6.03. The third-order valence-corrected chi connectivity index (χ3v) is 3.97. The molecule has 20 heavy (non-hydrogen) atoms. The summed E-state index contributed by atoms with van der Waals surface area (Å²) in [6.07, 6.45) is 2.06. The van der Waals surface area contributed by atoms with E-state index in [4.69, 9.17) is 4.42 Å². The van der Waals surface area contributed by atoms with Crippen LogP contribution in [0.25, 0.3) is 0 Å². The van der Waals surface area contributed by atoms with Crippen molar-refractivity contribution in [1.82, 2.24) is 5.32 Å². The average Bonchev–Trinajstić information content (AvgIpc) is 2.64. The lowest BCUT2D eigenvalue weighted by Gasteiger charge is -2.27. The Bertz CT molecular complexity index is 554. The van der Waals surface area contributed by atoms with Gasteiger partial charge in [-0.25, -0.2) is 0 Å². The van der Waals surface area contributed by atoms with Gasteiger partial charge in [0.1, 0.15) is 5.76 Å². The summed E-state index contributed by atoms with van der Waals surface area (Å²) in [6, 6.07) is 0.0937. The molecule has 0 fully saturated rings. The van der Waals surface area contributed by atoms with Crippen molar-refractivity contribution in [1.29, 1.82) is 0 Å². The smallest absolute Gasteiger partial charge is 0.287 e. The number of nitrogens with one attached hydrogen (secondary N) is 1. The van der Waals surface area contributed by atoms with Crippen molar-refractivity contribution in [2.24, 2.45) is 5.41 Å². The molecule has 1 atom stereocenters. The summed E-state index contributed by atoms with van der Waals surface area (Å²) in [7, 11) is 0. The van der Waals surface area contributed by atoms with E-state index in [0.717, 1.165) is 6.42 Å². The van der Waals surface area contributed by atoms with E-state index in [1.165, 1.54) is 0 Å². The topological polar surface area (TPSA) is 59.3 Å². The van der Waals surface area contributed by atoms with Crippen LogP contribution in [-0.4, -0.2) is 17.7 Å². The summed E-state index contributed by atoms with van der Waals surface area (Å²) in [4.78, 5) is 24.4. The van der Waals surface area contributed by atoms with Crippen molar-refractivity contribution in [3.8, 4) is 0 Å². The van der Waals surface area contributed by atoms with Gasteiger partial charge in [-0.1, -0.05) is 20.8 Å². The van der Waals surface area contributed by atoms with E-state index in [1.807, 2.05) is 27.7 Å². The predicted molar refractivity (Wildman–Crippen MR) is 77.1 cm³/mol. The highest BCUT2D eigenvalue weighted by atomic mass is 16.4. The first-order valence-corrected chi connectivity index (χ1v) is 7.21. The Balaban J connectivity index is 2.35. The molecule has 4 nitrogen and oxygen atoms in total. The maximum Gasteiger partial charge on any atom is 0.287 e. The number of carbonyl (C=O) groups excluding carboxylic acids is 2. The number of carbonyl (C=O) groups is 2. The zero-order valence-electron chi connectivity index (χ0n) is 12.9. The number of ketones is 1. The Morgan fingerprint density at radius 3 is 2.65 bits per heavy atom. The molecule has 1 N–H and O–H groups in total. The van der Waals surface area contributed by atoms with Crippen molar-refractivity contribution < 1.29 is 14.0 Å². The Morgan fingerprint density at radius 1 is 1.40 bits per heavy atom. The second-order valence-electron chi connectivity index (χ2n) is 6.58. The molecule has 1 aliphatic carbocycles. The van der Waals surface area contributed by atoms with Crippen LogP contribution in [-0.2, 0) is 6.42 Å². The minimum Gasteiger partial charge on any atom is -0.455 e. The van der Waals surface area contributed by atoms with Crippen molar-refractivity contribution in [3.05, 3.63) is 22.6 Å². The Morgan fingerprint density at radius 2 is 2.05 bits per heavy atom. The van der Waals surface area contributed by atoms with Gasteiger partial charge < -0.3 is 9.73 Å². The van der Waals surface area contributed by atoms with E-state index in [1.54, 1.807) is 6.92 Å². The van der Waals surface area contributed by atoms with Crippen LogP contribution in [0.15, 0.2) is 4.42 Å². The molecule has 110 valence electrons. The lowest BCUT2D eigenvalue weighted by atomic mass is 9.76. The molecule has 4 heteroatoms. The Hall–Kier alpha value is -1.58. The van der Waals surface area contributed by atoms with Crippen LogP contribution in [0, 0.1) is 12.3 Å². The minimum atomic E-state index is -0.225. The van der Waals surface area contributed by atoms with Crippen LogP contribution >= 0.6 is 0 Å². The van der Waals surface area contributed by atoms with Gasteiger partial charge >= 0.3 is 0 Å². The Labute approximate surface area is 119 Å². The molecular formula is C16H23NO3. The van der Waals surface area contributed by atoms with Crippen LogP contribution in [0.4, 0.5) is 0 Å². The monoisotopic (exact) mass is 277 g/mol. The lowest BCUT2D eigenvalue weighted by molar-refractivity contribution is 0.0883. The normalized spacial score (nSPS) is 18.6. The molecule has 1 aliphatic rings. The van der Waals surface area contributed by atoms with Crippen LogP contribution in [0.2, 0.25) is 0 Å². The van der Waals surface area contributed by atoms with Gasteiger partial charge in [0.05, 0.1) is 5.56 Å². The maximum atomic E-state index is 12.2. The number of hydrogen-bond acceptors (Lipinski definition) is 3. The largest absolute Gasteiger partial charge is 0.455 e. The van der Waals surface area contributed by atoms with Crippen LogP contribution in [0.5, 0.6) is 0 Å². The molecule has 0 aromatic carbocycles. The summed E-state index contributed by atoms with van der Waals surface area (Å²) in [6.45, 7) is 9.85. The van der Waals surface area contributed by atoms with Gasteiger partial charge in [-0.2, -0.15) is 0 Å². The van der Waals surface area contributed by atoms with Crippen molar-refractivity contribution >= 4 is 11.7 Å². The van der Waals surface area contributed by atoms with E-state index in [2.05, 4.69) is 5.32 Å². The number of furan rings is 1. The predicted octanol–water partition coefficient (Wildman–Crippen LogP) is 3.27. The fraction of sp³-hybridized carbons (Fsp3) is 0.625. The lowest BCUT2D eigenvalue weighted by Crippen LogP contribution is -2.32.